The van der Waals surface area contributed by atoms with Crippen LogP contribution < -0.4 is 0 Å². The summed E-state index contributed by atoms with van der Waals surface area (Å²) in [5, 5.41) is 0.428. The molecule has 0 fully saturated rings. The van der Waals surface area contributed by atoms with E-state index in [0.717, 1.165) is 4.88 Å². The first-order valence-corrected chi connectivity index (χ1v) is 4.38. The third-order valence-electron chi connectivity index (χ3n) is 1.02. The summed E-state index contributed by atoms with van der Waals surface area (Å²) in [6.45, 7) is 0. The van der Waals surface area contributed by atoms with Crippen molar-refractivity contribution in [1.82, 2.24) is 0 Å². The molecule has 4 heteroatoms. The van der Waals surface area contributed by atoms with Gasteiger partial charge in [-0.25, -0.2) is 0 Å². The molecule has 0 bridgehead atoms. The second-order valence-corrected chi connectivity index (χ2v) is 3.88. The molecule has 0 spiro atoms. The molecule has 0 N–H and O–H groups in total. The van der Waals surface area contributed by atoms with Crippen LogP contribution in [0.5, 0.6) is 0 Å². The first-order valence-electron chi connectivity index (χ1n) is 2.80. The molecule has 1 rings (SSSR count). The lowest BCUT2D eigenvalue weighted by molar-refractivity contribution is -0.104. The van der Waals surface area contributed by atoms with E-state index in [1.165, 1.54) is 17.4 Å². The number of hydrogen-bond acceptors (Lipinski definition) is 2. The van der Waals surface area contributed by atoms with Crippen LogP contribution in [0.2, 0.25) is 4.34 Å². The third kappa shape index (κ3) is 2.33. The van der Waals surface area contributed by atoms with Crippen molar-refractivity contribution in [3.63, 3.8) is 0 Å². The van der Waals surface area contributed by atoms with E-state index < -0.39 is 0 Å². The Morgan fingerprint density at radius 3 is 2.73 bits per heavy atom. The second-order valence-electron chi connectivity index (χ2n) is 1.75. The van der Waals surface area contributed by atoms with E-state index >= 15 is 0 Å². The van der Waals surface area contributed by atoms with E-state index in [1.807, 2.05) is 0 Å². The van der Waals surface area contributed by atoms with Crippen molar-refractivity contribution in [2.75, 3.05) is 0 Å². The Morgan fingerprint density at radius 1 is 1.55 bits per heavy atom. The highest BCUT2D eigenvalue weighted by atomic mass is 35.5. The smallest absolute Gasteiger partial charge is 0.144 e. The van der Waals surface area contributed by atoms with Crippen molar-refractivity contribution in [2.24, 2.45) is 0 Å². The predicted molar refractivity (Wildman–Crippen MR) is 49.2 cm³/mol. The number of carbonyl (C=O) groups is 1. The molecule has 0 aromatic carbocycles. The van der Waals surface area contributed by atoms with Crippen LogP contribution in [0.1, 0.15) is 4.88 Å². The van der Waals surface area contributed by atoms with Gasteiger partial charge in [0.15, 0.2) is 0 Å². The van der Waals surface area contributed by atoms with E-state index in [4.69, 9.17) is 23.2 Å². The second kappa shape index (κ2) is 3.90. The van der Waals surface area contributed by atoms with Gasteiger partial charge in [-0.2, -0.15) is 0 Å². The lowest BCUT2D eigenvalue weighted by Gasteiger charge is -1.87. The first kappa shape index (κ1) is 8.78. The standard InChI is InChI=1S/C7H4Cl2OS/c8-5(3-4-10)6-1-2-7(9)11-6/h1-4H/b5-3+. The number of rotatable bonds is 2. The van der Waals surface area contributed by atoms with Gasteiger partial charge in [-0.3, -0.25) is 4.79 Å². The minimum absolute atomic E-state index is 0.428. The van der Waals surface area contributed by atoms with Gasteiger partial charge in [-0.15, -0.1) is 11.3 Å². The van der Waals surface area contributed by atoms with Crippen LogP contribution in [-0.2, 0) is 4.79 Å². The maximum Gasteiger partial charge on any atom is 0.144 e. The van der Waals surface area contributed by atoms with Crippen LogP contribution in [0.4, 0.5) is 0 Å². The van der Waals surface area contributed by atoms with Gasteiger partial charge in [-0.05, 0) is 18.2 Å². The molecule has 0 aliphatic heterocycles. The number of carbonyl (C=O) groups excluding carboxylic acids is 1. The molecule has 1 aromatic rings. The zero-order valence-corrected chi connectivity index (χ0v) is 7.71. The Kier molecular flexibility index (Phi) is 3.12. The van der Waals surface area contributed by atoms with Gasteiger partial charge < -0.3 is 0 Å². The quantitative estimate of drug-likeness (QED) is 0.537. The minimum atomic E-state index is 0.428. The summed E-state index contributed by atoms with van der Waals surface area (Å²) in [7, 11) is 0. The highest BCUT2D eigenvalue weighted by molar-refractivity contribution is 7.17. The van der Waals surface area contributed by atoms with E-state index in [0.29, 0.717) is 15.7 Å². The molecule has 0 radical (unpaired) electrons. The predicted octanol–water partition coefficient (Wildman–Crippen LogP) is 3.18. The lowest BCUT2D eigenvalue weighted by Crippen LogP contribution is -1.67. The number of hydrogen-bond donors (Lipinski definition) is 0. The number of thiophene rings is 1. The molecule has 1 nitrogen and oxygen atoms in total. The Bertz CT molecular complexity index is 290. The van der Waals surface area contributed by atoms with Gasteiger partial charge in [0.2, 0.25) is 0 Å². The van der Waals surface area contributed by atoms with Crippen LogP contribution in [0, 0.1) is 0 Å². The zero-order valence-electron chi connectivity index (χ0n) is 5.38. The summed E-state index contributed by atoms with van der Waals surface area (Å²) < 4.78 is 0.664. The SMILES string of the molecule is O=C/C=C(/Cl)c1ccc(Cl)s1. The van der Waals surface area contributed by atoms with Crippen molar-refractivity contribution >= 4 is 45.9 Å². The summed E-state index contributed by atoms with van der Waals surface area (Å²) >= 11 is 12.7. The minimum Gasteiger partial charge on any atom is -0.299 e. The molecule has 0 saturated carbocycles. The average molecular weight is 207 g/mol. The van der Waals surface area contributed by atoms with Crippen LogP contribution >= 0.6 is 34.5 Å². The molecule has 0 unspecified atom stereocenters. The van der Waals surface area contributed by atoms with Crippen LogP contribution in [0.15, 0.2) is 18.2 Å². The van der Waals surface area contributed by atoms with Crippen LogP contribution in [0.25, 0.3) is 5.03 Å². The molecule has 1 heterocycles. The summed E-state index contributed by atoms with van der Waals surface area (Å²) in [5.41, 5.74) is 0. The van der Waals surface area contributed by atoms with Gasteiger partial charge >= 0.3 is 0 Å². The topological polar surface area (TPSA) is 17.1 Å². The van der Waals surface area contributed by atoms with Gasteiger partial charge in [0.05, 0.1) is 9.37 Å². The van der Waals surface area contributed by atoms with Crippen molar-refractivity contribution in [3.05, 3.63) is 27.4 Å². The lowest BCUT2D eigenvalue weighted by atomic mass is 10.4. The fraction of sp³-hybridized carbons (Fsp3) is 0. The van der Waals surface area contributed by atoms with Crippen molar-refractivity contribution in [3.8, 4) is 0 Å². The van der Waals surface area contributed by atoms with E-state index in [2.05, 4.69) is 0 Å². The highest BCUT2D eigenvalue weighted by Gasteiger charge is 2.00. The van der Waals surface area contributed by atoms with E-state index in [-0.39, 0.29) is 0 Å². The first-order chi connectivity index (χ1) is 5.24. The summed E-state index contributed by atoms with van der Waals surface area (Å²) in [4.78, 5) is 10.8. The molecule has 1 aromatic heterocycles. The fourth-order valence-electron chi connectivity index (χ4n) is 0.585. The van der Waals surface area contributed by atoms with Crippen LogP contribution in [0.3, 0.4) is 0 Å². The van der Waals surface area contributed by atoms with Crippen LogP contribution in [-0.4, -0.2) is 6.29 Å². The molecule has 0 atom stereocenters. The molecular formula is C7H4Cl2OS. The Balaban J connectivity index is 2.93. The van der Waals surface area contributed by atoms with Gasteiger partial charge in [-0.1, -0.05) is 23.2 Å². The average Bonchev–Trinajstić information content (AvgIpc) is 2.36. The highest BCUT2D eigenvalue weighted by Crippen LogP contribution is 2.29. The zero-order chi connectivity index (χ0) is 8.27. The molecular weight excluding hydrogens is 203 g/mol. The summed E-state index contributed by atoms with van der Waals surface area (Å²) in [5.74, 6) is 0. The van der Waals surface area contributed by atoms with Gasteiger partial charge in [0.1, 0.15) is 6.29 Å². The number of halogens is 2. The molecule has 0 aliphatic carbocycles. The normalized spacial score (nSPS) is 11.6. The Hall–Kier alpha value is -0.310. The van der Waals surface area contributed by atoms with Gasteiger partial charge in [0.25, 0.3) is 0 Å². The molecule has 0 aliphatic rings. The maximum absolute atomic E-state index is 10.0. The molecule has 58 valence electrons. The summed E-state index contributed by atoms with van der Waals surface area (Å²) in [6.07, 6.45) is 1.94. The number of aldehydes is 1. The molecule has 0 amide bonds. The van der Waals surface area contributed by atoms with Gasteiger partial charge in [0, 0.05) is 4.88 Å². The van der Waals surface area contributed by atoms with Crippen molar-refractivity contribution in [2.45, 2.75) is 0 Å². The van der Waals surface area contributed by atoms with Crippen molar-refractivity contribution in [1.29, 1.82) is 0 Å². The Morgan fingerprint density at radius 2 is 2.27 bits per heavy atom. The number of allylic oxidation sites excluding steroid dienone is 1. The molecule has 0 saturated heterocycles. The Labute approximate surface area is 78.2 Å². The van der Waals surface area contributed by atoms with E-state index in [1.54, 1.807) is 12.1 Å². The van der Waals surface area contributed by atoms with Crippen molar-refractivity contribution < 1.29 is 4.79 Å². The maximum atomic E-state index is 10.0. The molecule has 11 heavy (non-hydrogen) atoms. The van der Waals surface area contributed by atoms with E-state index in [9.17, 15) is 4.79 Å². The third-order valence-corrected chi connectivity index (χ3v) is 2.73. The summed E-state index contributed by atoms with van der Waals surface area (Å²) in [6, 6.07) is 3.51. The largest absolute Gasteiger partial charge is 0.299 e. The monoisotopic (exact) mass is 206 g/mol. The fourth-order valence-corrected chi connectivity index (χ4v) is 1.77.